The van der Waals surface area contributed by atoms with Crippen LogP contribution in [0.1, 0.15) is 6.42 Å². The first kappa shape index (κ1) is 17.8. The minimum atomic E-state index is -3.61. The predicted molar refractivity (Wildman–Crippen MR) is 84.5 cm³/mol. The summed E-state index contributed by atoms with van der Waals surface area (Å²) >= 11 is 11.7. The molecule has 1 aromatic rings. The third-order valence-corrected chi connectivity index (χ3v) is 4.95. The summed E-state index contributed by atoms with van der Waals surface area (Å²) < 4.78 is 26.8. The number of hydrogen-bond acceptors (Lipinski definition) is 3. The Kier molecular flexibility index (Phi) is 6.78. The maximum atomic E-state index is 12.1. The van der Waals surface area contributed by atoms with Crippen molar-refractivity contribution in [3.63, 3.8) is 0 Å². The Morgan fingerprint density at radius 1 is 1.30 bits per heavy atom. The molecule has 2 N–H and O–H groups in total. The molecule has 20 heavy (non-hydrogen) atoms. The van der Waals surface area contributed by atoms with Crippen LogP contribution in [0.3, 0.4) is 0 Å². The predicted octanol–water partition coefficient (Wildman–Crippen LogP) is 2.61. The van der Waals surface area contributed by atoms with Crippen LogP contribution in [0.2, 0.25) is 10.0 Å². The van der Waals surface area contributed by atoms with Crippen LogP contribution in [0.15, 0.2) is 34.7 Å². The van der Waals surface area contributed by atoms with Crippen LogP contribution < -0.4 is 10.0 Å². The largest absolute Gasteiger partial charge is 0.313 e. The highest BCUT2D eigenvalue weighted by atomic mass is 35.5. The summed E-state index contributed by atoms with van der Waals surface area (Å²) in [5, 5.41) is 3.70. The Morgan fingerprint density at radius 3 is 2.65 bits per heavy atom. The van der Waals surface area contributed by atoms with E-state index < -0.39 is 10.0 Å². The Balaban J connectivity index is 0.00000200. The fraction of sp³-hybridized carbons (Fsp3) is 0.333. The first-order chi connectivity index (χ1) is 8.99. The summed E-state index contributed by atoms with van der Waals surface area (Å²) in [5.41, 5.74) is 1.08. The second kappa shape index (κ2) is 7.64. The van der Waals surface area contributed by atoms with Crippen LogP contribution in [-0.4, -0.2) is 28.1 Å². The van der Waals surface area contributed by atoms with Crippen molar-refractivity contribution >= 4 is 45.6 Å². The Morgan fingerprint density at radius 2 is 2.05 bits per heavy atom. The van der Waals surface area contributed by atoms with Crippen LogP contribution in [0.5, 0.6) is 0 Å². The molecule has 0 aromatic heterocycles. The zero-order valence-corrected chi connectivity index (χ0v) is 13.7. The van der Waals surface area contributed by atoms with Crippen molar-refractivity contribution in [3.05, 3.63) is 39.9 Å². The van der Waals surface area contributed by atoms with Gasteiger partial charge >= 0.3 is 0 Å². The van der Waals surface area contributed by atoms with Gasteiger partial charge in [0.2, 0.25) is 10.0 Å². The maximum Gasteiger partial charge on any atom is 0.242 e. The van der Waals surface area contributed by atoms with E-state index in [-0.39, 0.29) is 22.3 Å². The van der Waals surface area contributed by atoms with E-state index in [9.17, 15) is 8.42 Å². The normalized spacial score (nSPS) is 15.4. The molecule has 0 unspecified atom stereocenters. The first-order valence-electron chi connectivity index (χ1n) is 5.82. The molecule has 0 aliphatic carbocycles. The molecule has 112 valence electrons. The number of halogens is 3. The molecule has 0 saturated carbocycles. The van der Waals surface area contributed by atoms with Crippen LogP contribution in [0.4, 0.5) is 0 Å². The zero-order valence-electron chi connectivity index (χ0n) is 10.5. The lowest BCUT2D eigenvalue weighted by atomic mass is 10.1. The number of hydrogen-bond donors (Lipinski definition) is 2. The molecule has 1 aromatic carbocycles. The van der Waals surface area contributed by atoms with Crippen molar-refractivity contribution in [3.8, 4) is 0 Å². The van der Waals surface area contributed by atoms with Gasteiger partial charge in [0, 0.05) is 18.1 Å². The monoisotopic (exact) mass is 356 g/mol. The lowest BCUT2D eigenvalue weighted by molar-refractivity contribution is 0.582. The molecular weight excluding hydrogens is 343 g/mol. The fourth-order valence-corrected chi connectivity index (χ4v) is 3.60. The molecule has 0 fully saturated rings. The molecule has 0 radical (unpaired) electrons. The molecule has 0 spiro atoms. The van der Waals surface area contributed by atoms with E-state index in [1.54, 1.807) is 0 Å². The smallest absolute Gasteiger partial charge is 0.242 e. The molecule has 1 aliphatic rings. The van der Waals surface area contributed by atoms with E-state index >= 15 is 0 Å². The molecule has 2 rings (SSSR count). The van der Waals surface area contributed by atoms with Crippen LogP contribution in [-0.2, 0) is 10.0 Å². The average molecular weight is 358 g/mol. The summed E-state index contributed by atoms with van der Waals surface area (Å²) in [5.74, 6) is 0. The van der Waals surface area contributed by atoms with Gasteiger partial charge in [0.05, 0.1) is 5.02 Å². The van der Waals surface area contributed by atoms with Crippen molar-refractivity contribution in [1.29, 1.82) is 0 Å². The van der Waals surface area contributed by atoms with E-state index in [1.165, 1.54) is 18.2 Å². The van der Waals surface area contributed by atoms with Gasteiger partial charge in [-0.2, -0.15) is 0 Å². The van der Waals surface area contributed by atoms with Crippen molar-refractivity contribution in [2.75, 3.05) is 19.6 Å². The number of benzene rings is 1. The Hall–Kier alpha value is -0.300. The number of nitrogens with one attached hydrogen (secondary N) is 2. The average Bonchev–Trinajstić information content (AvgIpc) is 2.37. The molecule has 0 atom stereocenters. The van der Waals surface area contributed by atoms with E-state index in [0.29, 0.717) is 11.6 Å². The molecule has 4 nitrogen and oxygen atoms in total. The second-order valence-electron chi connectivity index (χ2n) is 4.22. The van der Waals surface area contributed by atoms with Gasteiger partial charge in [0.15, 0.2) is 0 Å². The Bertz CT molecular complexity index is 603. The summed E-state index contributed by atoms with van der Waals surface area (Å²) in [6.45, 7) is 1.96. The number of sulfonamides is 1. The molecule has 0 bridgehead atoms. The van der Waals surface area contributed by atoms with E-state index in [1.807, 2.05) is 6.08 Å². The van der Waals surface area contributed by atoms with Gasteiger partial charge in [-0.1, -0.05) is 34.9 Å². The third kappa shape index (κ3) is 4.62. The molecular formula is C12H15Cl3N2O2S. The fourth-order valence-electron chi connectivity index (χ4n) is 1.79. The lowest BCUT2D eigenvalue weighted by Crippen LogP contribution is -2.29. The summed E-state index contributed by atoms with van der Waals surface area (Å²) in [4.78, 5) is 0.0492. The molecule has 0 saturated heterocycles. The van der Waals surface area contributed by atoms with Crippen molar-refractivity contribution in [2.24, 2.45) is 0 Å². The zero-order chi connectivity index (χ0) is 13.9. The van der Waals surface area contributed by atoms with Crippen LogP contribution in [0.25, 0.3) is 0 Å². The summed E-state index contributed by atoms with van der Waals surface area (Å²) in [6.07, 6.45) is 2.84. The highest BCUT2D eigenvalue weighted by Crippen LogP contribution is 2.24. The van der Waals surface area contributed by atoms with Crippen molar-refractivity contribution in [2.45, 2.75) is 11.3 Å². The van der Waals surface area contributed by atoms with E-state index in [4.69, 9.17) is 23.2 Å². The van der Waals surface area contributed by atoms with Crippen LogP contribution in [0, 0.1) is 0 Å². The van der Waals surface area contributed by atoms with Gasteiger partial charge in [-0.05, 0) is 31.2 Å². The third-order valence-electron chi connectivity index (χ3n) is 2.83. The quantitative estimate of drug-likeness (QED) is 0.814. The van der Waals surface area contributed by atoms with Crippen LogP contribution >= 0.6 is 35.6 Å². The molecule has 1 aliphatic heterocycles. The maximum absolute atomic E-state index is 12.1. The van der Waals surface area contributed by atoms with Gasteiger partial charge in [0.1, 0.15) is 4.90 Å². The number of rotatable bonds is 4. The molecule has 1 heterocycles. The van der Waals surface area contributed by atoms with Crippen molar-refractivity contribution < 1.29 is 8.42 Å². The first-order valence-corrected chi connectivity index (χ1v) is 8.06. The minimum Gasteiger partial charge on any atom is -0.313 e. The van der Waals surface area contributed by atoms with Gasteiger partial charge in [-0.25, -0.2) is 13.1 Å². The second-order valence-corrected chi connectivity index (χ2v) is 6.79. The highest BCUT2D eigenvalue weighted by molar-refractivity contribution is 7.89. The minimum absolute atomic E-state index is 0. The standard InChI is InChI=1S/C12H14Cl2N2O2S.ClH/c13-10-1-2-12(11(14)7-10)19(17,18)16-8-9-3-5-15-6-4-9;/h1-3,7,15-16H,4-6,8H2;1H. The van der Waals surface area contributed by atoms with Gasteiger partial charge in [-0.3, -0.25) is 0 Å². The lowest BCUT2D eigenvalue weighted by Gasteiger charge is -2.15. The summed E-state index contributed by atoms with van der Waals surface area (Å²) in [7, 11) is -3.61. The molecule has 8 heteroatoms. The topological polar surface area (TPSA) is 58.2 Å². The highest BCUT2D eigenvalue weighted by Gasteiger charge is 2.18. The SMILES string of the molecule is Cl.O=S(=O)(NCC1=CCNCC1)c1ccc(Cl)cc1Cl. The van der Waals surface area contributed by atoms with E-state index in [0.717, 1.165) is 25.1 Å². The van der Waals surface area contributed by atoms with Crippen molar-refractivity contribution in [1.82, 2.24) is 10.0 Å². The molecule has 0 amide bonds. The van der Waals surface area contributed by atoms with E-state index in [2.05, 4.69) is 10.0 Å². The Labute approximate surface area is 135 Å². The summed E-state index contributed by atoms with van der Waals surface area (Å²) in [6, 6.07) is 4.33. The van der Waals surface area contributed by atoms with Gasteiger partial charge in [0.25, 0.3) is 0 Å². The van der Waals surface area contributed by atoms with Gasteiger partial charge < -0.3 is 5.32 Å². The van der Waals surface area contributed by atoms with Gasteiger partial charge in [-0.15, -0.1) is 12.4 Å².